The molecule has 1 aromatic rings. The molecule has 1 aromatic carbocycles. The lowest BCUT2D eigenvalue weighted by Crippen LogP contribution is -2.49. The van der Waals surface area contributed by atoms with E-state index in [1.165, 1.54) is 4.90 Å². The van der Waals surface area contributed by atoms with Crippen molar-refractivity contribution >= 4 is 35.3 Å². The quantitative estimate of drug-likeness (QED) is 0.666. The van der Waals surface area contributed by atoms with Crippen molar-refractivity contribution in [2.24, 2.45) is 0 Å². The molecule has 0 aromatic heterocycles. The first-order chi connectivity index (χ1) is 13.4. The number of carbonyl (C=O) groups excluding carboxylic acids is 4. The fourth-order valence-corrected chi connectivity index (χ4v) is 2.94. The highest BCUT2D eigenvalue weighted by Gasteiger charge is 2.34. The first kappa shape index (κ1) is 21.6. The lowest BCUT2D eigenvalue weighted by Gasteiger charge is -2.24. The van der Waals surface area contributed by atoms with Crippen LogP contribution in [-0.4, -0.2) is 60.9 Å². The first-order valence-corrected chi connectivity index (χ1v) is 9.09. The Morgan fingerprint density at radius 2 is 1.93 bits per heavy atom. The fourth-order valence-electron chi connectivity index (χ4n) is 2.75. The molecule has 152 valence electrons. The molecule has 3 amide bonds. The number of alkyl halides is 1. The topological polar surface area (TPSA) is 105 Å². The van der Waals surface area contributed by atoms with Crippen LogP contribution in [0, 0.1) is 0 Å². The number of amides is 3. The van der Waals surface area contributed by atoms with Crippen molar-refractivity contribution < 1.29 is 28.3 Å². The number of carbonyl (C=O) groups is 4. The SMILES string of the molecule is O=C(CF)CNC(=O)C1CCCN1C(=O)CNC(=O)OCc1ccccc1Cl. The molecule has 1 aliphatic heterocycles. The monoisotopic (exact) mass is 413 g/mol. The Morgan fingerprint density at radius 3 is 2.64 bits per heavy atom. The van der Waals surface area contributed by atoms with Gasteiger partial charge in [-0.25, -0.2) is 9.18 Å². The third kappa shape index (κ3) is 6.19. The van der Waals surface area contributed by atoms with Gasteiger partial charge < -0.3 is 20.3 Å². The molecule has 1 unspecified atom stereocenters. The summed E-state index contributed by atoms with van der Waals surface area (Å²) in [6.45, 7) is -1.61. The van der Waals surface area contributed by atoms with Gasteiger partial charge in [0.25, 0.3) is 0 Å². The molecule has 8 nitrogen and oxygen atoms in total. The second kappa shape index (κ2) is 10.6. The summed E-state index contributed by atoms with van der Waals surface area (Å²) in [5.74, 6) is -1.72. The second-order valence-corrected chi connectivity index (χ2v) is 6.56. The minimum absolute atomic E-state index is 0.0446. The van der Waals surface area contributed by atoms with Crippen LogP contribution in [0.25, 0.3) is 0 Å². The van der Waals surface area contributed by atoms with Gasteiger partial charge in [-0.3, -0.25) is 14.4 Å². The maximum Gasteiger partial charge on any atom is 0.407 e. The van der Waals surface area contributed by atoms with Crippen LogP contribution in [0.4, 0.5) is 9.18 Å². The molecule has 10 heteroatoms. The molecule has 0 bridgehead atoms. The molecule has 2 N–H and O–H groups in total. The highest BCUT2D eigenvalue weighted by Crippen LogP contribution is 2.18. The number of hydrogen-bond acceptors (Lipinski definition) is 5. The average molecular weight is 414 g/mol. The van der Waals surface area contributed by atoms with Gasteiger partial charge in [0.1, 0.15) is 25.9 Å². The molecule has 2 rings (SSSR count). The summed E-state index contributed by atoms with van der Waals surface area (Å²) in [4.78, 5) is 48.5. The predicted octanol–water partition coefficient (Wildman–Crippen LogP) is 1.21. The van der Waals surface area contributed by atoms with Gasteiger partial charge >= 0.3 is 6.09 Å². The Morgan fingerprint density at radius 1 is 1.18 bits per heavy atom. The number of ketones is 1. The van der Waals surface area contributed by atoms with E-state index in [1.54, 1.807) is 24.3 Å². The zero-order chi connectivity index (χ0) is 20.5. The largest absolute Gasteiger partial charge is 0.445 e. The minimum atomic E-state index is -1.16. The Hall–Kier alpha value is -2.68. The maximum absolute atomic E-state index is 12.3. The van der Waals surface area contributed by atoms with E-state index in [2.05, 4.69) is 10.6 Å². The van der Waals surface area contributed by atoms with Crippen LogP contribution in [0.15, 0.2) is 24.3 Å². The third-order valence-corrected chi connectivity index (χ3v) is 4.55. The molecule has 1 saturated heterocycles. The zero-order valence-electron chi connectivity index (χ0n) is 15.1. The van der Waals surface area contributed by atoms with Crippen LogP contribution in [0.2, 0.25) is 5.02 Å². The number of Topliss-reactive ketones (excluding diaryl/α,β-unsaturated/α-hetero) is 1. The number of alkyl carbamates (subject to hydrolysis) is 1. The van der Waals surface area contributed by atoms with E-state index < -0.39 is 43.0 Å². The van der Waals surface area contributed by atoms with Crippen molar-refractivity contribution in [3.63, 3.8) is 0 Å². The van der Waals surface area contributed by atoms with Crippen molar-refractivity contribution in [2.45, 2.75) is 25.5 Å². The van der Waals surface area contributed by atoms with Crippen LogP contribution in [0.1, 0.15) is 18.4 Å². The summed E-state index contributed by atoms with van der Waals surface area (Å²) >= 11 is 5.97. The van der Waals surface area contributed by atoms with Gasteiger partial charge in [0.2, 0.25) is 11.8 Å². The highest BCUT2D eigenvalue weighted by molar-refractivity contribution is 6.31. The van der Waals surface area contributed by atoms with E-state index in [0.29, 0.717) is 30.0 Å². The molecule has 0 spiro atoms. The second-order valence-electron chi connectivity index (χ2n) is 6.16. The van der Waals surface area contributed by atoms with E-state index in [4.69, 9.17) is 16.3 Å². The van der Waals surface area contributed by atoms with Crippen molar-refractivity contribution in [3.8, 4) is 0 Å². The number of halogens is 2. The molecular formula is C18H21ClFN3O5. The number of rotatable bonds is 8. The Balaban J connectivity index is 1.77. The highest BCUT2D eigenvalue weighted by atomic mass is 35.5. The fraction of sp³-hybridized carbons (Fsp3) is 0.444. The van der Waals surface area contributed by atoms with Gasteiger partial charge in [0.15, 0.2) is 5.78 Å². The average Bonchev–Trinajstić information content (AvgIpc) is 3.19. The predicted molar refractivity (Wildman–Crippen MR) is 98.4 cm³/mol. The molecule has 1 aliphatic rings. The van der Waals surface area contributed by atoms with Crippen molar-refractivity contribution in [3.05, 3.63) is 34.9 Å². The lowest BCUT2D eigenvalue weighted by atomic mass is 10.2. The van der Waals surface area contributed by atoms with E-state index in [1.807, 2.05) is 0 Å². The van der Waals surface area contributed by atoms with Crippen LogP contribution < -0.4 is 10.6 Å². The number of benzene rings is 1. The summed E-state index contributed by atoms with van der Waals surface area (Å²) in [7, 11) is 0. The molecule has 0 radical (unpaired) electrons. The summed E-state index contributed by atoms with van der Waals surface area (Å²) < 4.78 is 17.2. The number of hydrogen-bond donors (Lipinski definition) is 2. The number of ether oxygens (including phenoxy) is 1. The summed E-state index contributed by atoms with van der Waals surface area (Å²) in [6, 6.07) is 6.14. The normalized spacial score (nSPS) is 15.8. The molecule has 28 heavy (non-hydrogen) atoms. The molecular weight excluding hydrogens is 393 g/mol. The minimum Gasteiger partial charge on any atom is -0.445 e. The van der Waals surface area contributed by atoms with E-state index >= 15 is 0 Å². The van der Waals surface area contributed by atoms with Crippen LogP contribution in [-0.2, 0) is 25.7 Å². The first-order valence-electron chi connectivity index (χ1n) is 8.71. The molecule has 0 saturated carbocycles. The van der Waals surface area contributed by atoms with Gasteiger partial charge in [-0.1, -0.05) is 29.8 Å². The van der Waals surface area contributed by atoms with E-state index in [-0.39, 0.29) is 13.2 Å². The van der Waals surface area contributed by atoms with Crippen LogP contribution in [0.5, 0.6) is 0 Å². The van der Waals surface area contributed by atoms with Gasteiger partial charge in [-0.05, 0) is 18.9 Å². The Labute approximate surface area is 166 Å². The Kier molecular flexibility index (Phi) is 8.19. The molecule has 1 heterocycles. The van der Waals surface area contributed by atoms with Gasteiger partial charge in [-0.2, -0.15) is 0 Å². The van der Waals surface area contributed by atoms with Gasteiger partial charge in [0.05, 0.1) is 6.54 Å². The number of likely N-dealkylation sites (tertiary alicyclic amines) is 1. The third-order valence-electron chi connectivity index (χ3n) is 4.19. The van der Waals surface area contributed by atoms with Gasteiger partial charge in [0, 0.05) is 17.1 Å². The van der Waals surface area contributed by atoms with Gasteiger partial charge in [-0.15, -0.1) is 0 Å². The van der Waals surface area contributed by atoms with Crippen molar-refractivity contribution in [2.75, 3.05) is 26.3 Å². The lowest BCUT2D eigenvalue weighted by molar-refractivity contribution is -0.138. The molecule has 0 aliphatic carbocycles. The molecule has 1 fully saturated rings. The number of nitrogens with one attached hydrogen (secondary N) is 2. The van der Waals surface area contributed by atoms with E-state index in [9.17, 15) is 23.6 Å². The summed E-state index contributed by atoms with van der Waals surface area (Å²) in [5, 5.41) is 5.12. The van der Waals surface area contributed by atoms with Crippen molar-refractivity contribution in [1.82, 2.24) is 15.5 Å². The Bertz CT molecular complexity index is 746. The summed E-state index contributed by atoms with van der Waals surface area (Å²) in [6.07, 6.45) is 0.248. The maximum atomic E-state index is 12.3. The van der Waals surface area contributed by atoms with E-state index in [0.717, 1.165) is 0 Å². The smallest absolute Gasteiger partial charge is 0.407 e. The van der Waals surface area contributed by atoms with Crippen molar-refractivity contribution in [1.29, 1.82) is 0 Å². The van der Waals surface area contributed by atoms with Crippen LogP contribution in [0.3, 0.4) is 0 Å². The number of nitrogens with zero attached hydrogens (tertiary/aromatic N) is 1. The summed E-state index contributed by atoms with van der Waals surface area (Å²) in [5.41, 5.74) is 0.629. The van der Waals surface area contributed by atoms with Crippen LogP contribution >= 0.6 is 11.6 Å². The standard InChI is InChI=1S/C18H21ClFN3O5/c19-14-5-2-1-4-12(14)11-28-18(27)22-10-16(25)23-7-3-6-15(23)17(26)21-9-13(24)8-20/h1-2,4-5,15H,3,6-11H2,(H,21,26)(H,22,27). The molecule has 1 atom stereocenters. The zero-order valence-corrected chi connectivity index (χ0v) is 15.8.